The Hall–Kier alpha value is -0.160. The molecule has 0 bridgehead atoms. The summed E-state index contributed by atoms with van der Waals surface area (Å²) in [5, 5.41) is 0. The molecule has 0 aromatic heterocycles. The quantitative estimate of drug-likeness (QED) is 0.0646. The number of nitrogens with two attached hydrogens (primary N) is 2. The third-order valence-corrected chi connectivity index (χ3v) is 10.3. The van der Waals surface area contributed by atoms with Crippen LogP contribution in [-0.4, -0.2) is 62.2 Å². The molecule has 0 saturated heterocycles. The van der Waals surface area contributed by atoms with Crippen molar-refractivity contribution in [1.29, 1.82) is 0 Å². The van der Waals surface area contributed by atoms with Gasteiger partial charge >= 0.3 is 0 Å². The second kappa shape index (κ2) is 41.0. The Morgan fingerprint density at radius 2 is 0.435 bits per heavy atom. The average molecular weight is 651 g/mol. The fraction of sp³-hybridized carbons (Fsp3) is 1.00. The van der Waals surface area contributed by atoms with Gasteiger partial charge in [-0.2, -0.15) is 0 Å². The van der Waals surface area contributed by atoms with Gasteiger partial charge in [-0.3, -0.25) is 0 Å². The smallest absolute Gasteiger partial charge is 0.0110 e. The van der Waals surface area contributed by atoms with E-state index in [-0.39, 0.29) is 0 Å². The zero-order chi connectivity index (χ0) is 33.4. The highest BCUT2D eigenvalue weighted by Crippen LogP contribution is 2.15. The van der Waals surface area contributed by atoms with Crippen molar-refractivity contribution >= 4 is 0 Å². The van der Waals surface area contributed by atoms with Crippen molar-refractivity contribution < 1.29 is 0 Å². The normalized spacial score (nSPS) is 11.9. The molecule has 0 spiro atoms. The largest absolute Gasteiger partial charge is 0.329 e. The summed E-state index contributed by atoms with van der Waals surface area (Å²) < 4.78 is 0. The molecule has 0 aromatic rings. The molecule has 0 atom stereocenters. The van der Waals surface area contributed by atoms with Gasteiger partial charge in [-0.05, 0) is 25.9 Å². The van der Waals surface area contributed by atoms with Crippen molar-refractivity contribution in [2.45, 2.75) is 219 Å². The number of rotatable bonds is 41. The Kier molecular flexibility index (Phi) is 40.9. The lowest BCUT2D eigenvalue weighted by atomic mass is 10.0. The molecule has 0 aliphatic rings. The Balaban J connectivity index is 3.67. The molecule has 0 heterocycles. The minimum absolute atomic E-state index is 0.773. The van der Waals surface area contributed by atoms with Crippen LogP contribution in [0, 0.1) is 0 Å². The zero-order valence-corrected chi connectivity index (χ0v) is 32.3. The summed E-state index contributed by atoms with van der Waals surface area (Å²) in [4.78, 5) is 5.22. The number of hydrogen-bond acceptors (Lipinski definition) is 4. The second-order valence-electron chi connectivity index (χ2n) is 14.9. The summed E-state index contributed by atoms with van der Waals surface area (Å²) in [6, 6.07) is 0. The van der Waals surface area contributed by atoms with Crippen LogP contribution in [0.5, 0.6) is 0 Å². The van der Waals surface area contributed by atoms with E-state index < -0.39 is 0 Å². The molecule has 0 aromatic carbocycles. The molecule has 0 amide bonds. The Morgan fingerprint density at radius 3 is 0.630 bits per heavy atom. The molecule has 0 saturated carbocycles. The van der Waals surface area contributed by atoms with E-state index in [0.29, 0.717) is 0 Å². The zero-order valence-electron chi connectivity index (χ0n) is 32.3. The number of hydrogen-bond donors (Lipinski definition) is 2. The Labute approximate surface area is 292 Å². The van der Waals surface area contributed by atoms with Gasteiger partial charge in [-0.25, -0.2) is 0 Å². The van der Waals surface area contributed by atoms with Gasteiger partial charge < -0.3 is 21.3 Å². The monoisotopic (exact) mass is 651 g/mol. The minimum atomic E-state index is 0.773. The van der Waals surface area contributed by atoms with Crippen LogP contribution in [-0.2, 0) is 0 Å². The maximum absolute atomic E-state index is 5.98. The number of unbranched alkanes of at least 4 members (excludes halogenated alkanes) is 30. The van der Waals surface area contributed by atoms with Crippen LogP contribution in [0.2, 0.25) is 0 Å². The van der Waals surface area contributed by atoms with Gasteiger partial charge in [0.05, 0.1) is 0 Å². The molecule has 4 nitrogen and oxygen atoms in total. The van der Waals surface area contributed by atoms with Crippen molar-refractivity contribution in [3.05, 3.63) is 0 Å². The predicted octanol–water partition coefficient (Wildman–Crippen LogP) is 12.0. The topological polar surface area (TPSA) is 58.5 Å². The van der Waals surface area contributed by atoms with Crippen molar-refractivity contribution in [3.63, 3.8) is 0 Å². The van der Waals surface area contributed by atoms with Crippen LogP contribution in [0.4, 0.5) is 0 Å². The fourth-order valence-corrected chi connectivity index (χ4v) is 7.09. The lowest BCUT2D eigenvalue weighted by Crippen LogP contribution is -2.40. The van der Waals surface area contributed by atoms with E-state index in [1.807, 2.05) is 0 Å². The van der Waals surface area contributed by atoms with Crippen molar-refractivity contribution in [2.24, 2.45) is 11.5 Å². The van der Waals surface area contributed by atoms with Crippen LogP contribution in [0.1, 0.15) is 219 Å². The van der Waals surface area contributed by atoms with Crippen LogP contribution in [0.25, 0.3) is 0 Å². The van der Waals surface area contributed by atoms with Crippen LogP contribution >= 0.6 is 0 Å². The first-order chi connectivity index (χ1) is 22.8. The second-order valence-corrected chi connectivity index (χ2v) is 14.9. The Morgan fingerprint density at radius 1 is 0.239 bits per heavy atom. The summed E-state index contributed by atoms with van der Waals surface area (Å²) in [6.07, 6.45) is 45.9. The molecular weight excluding hydrogens is 560 g/mol. The summed E-state index contributed by atoms with van der Waals surface area (Å²) in [6.45, 7) is 12.9. The first kappa shape index (κ1) is 45.8. The maximum Gasteiger partial charge on any atom is 0.0110 e. The molecule has 0 fully saturated rings. The molecule has 4 heteroatoms. The standard InChI is InChI=1S/C42H90N4/c1-3-5-7-9-11-13-15-17-19-21-23-25-27-29-31-33-37-45(39-35-43)41-42-46(40-36-44)38-34-32-30-28-26-24-22-20-18-16-14-12-10-8-6-4-2/h3-44H2,1-2H3. The van der Waals surface area contributed by atoms with E-state index in [1.54, 1.807) is 0 Å². The van der Waals surface area contributed by atoms with Crippen LogP contribution in [0.3, 0.4) is 0 Å². The van der Waals surface area contributed by atoms with E-state index in [9.17, 15) is 0 Å². The average Bonchev–Trinajstić information content (AvgIpc) is 3.06. The molecular formula is C42H90N4. The third-order valence-electron chi connectivity index (χ3n) is 10.3. The molecule has 0 radical (unpaired) electrons. The predicted molar refractivity (Wildman–Crippen MR) is 210 cm³/mol. The summed E-state index contributed by atoms with van der Waals surface area (Å²) >= 11 is 0. The maximum atomic E-state index is 5.98. The van der Waals surface area contributed by atoms with Gasteiger partial charge in [0.2, 0.25) is 0 Å². The van der Waals surface area contributed by atoms with Crippen LogP contribution < -0.4 is 11.5 Å². The first-order valence-electron chi connectivity index (χ1n) is 21.6. The van der Waals surface area contributed by atoms with Crippen LogP contribution in [0.15, 0.2) is 0 Å². The van der Waals surface area contributed by atoms with Crippen molar-refractivity contribution in [3.8, 4) is 0 Å². The molecule has 0 rings (SSSR count). The van der Waals surface area contributed by atoms with Gasteiger partial charge in [0.1, 0.15) is 0 Å². The van der Waals surface area contributed by atoms with Gasteiger partial charge in [0.15, 0.2) is 0 Å². The van der Waals surface area contributed by atoms with E-state index in [2.05, 4.69) is 23.6 Å². The van der Waals surface area contributed by atoms with E-state index in [1.165, 1.54) is 219 Å². The summed E-state index contributed by atoms with van der Waals surface area (Å²) in [7, 11) is 0. The van der Waals surface area contributed by atoms with Crippen molar-refractivity contribution in [2.75, 3.05) is 52.4 Å². The lowest BCUT2D eigenvalue weighted by molar-refractivity contribution is 0.203. The summed E-state index contributed by atoms with van der Waals surface area (Å²) in [5.74, 6) is 0. The fourth-order valence-electron chi connectivity index (χ4n) is 7.09. The van der Waals surface area contributed by atoms with Gasteiger partial charge in [-0.1, -0.05) is 206 Å². The summed E-state index contributed by atoms with van der Waals surface area (Å²) in [5.41, 5.74) is 12.0. The van der Waals surface area contributed by atoms with E-state index in [0.717, 1.165) is 39.3 Å². The highest BCUT2D eigenvalue weighted by Gasteiger charge is 2.09. The molecule has 4 N–H and O–H groups in total. The highest BCUT2D eigenvalue weighted by atomic mass is 15.2. The van der Waals surface area contributed by atoms with Gasteiger partial charge in [0, 0.05) is 39.3 Å². The van der Waals surface area contributed by atoms with E-state index in [4.69, 9.17) is 11.5 Å². The minimum Gasteiger partial charge on any atom is -0.329 e. The van der Waals surface area contributed by atoms with Crippen molar-refractivity contribution in [1.82, 2.24) is 9.80 Å². The molecule has 0 aliphatic heterocycles. The molecule has 278 valence electrons. The first-order valence-corrected chi connectivity index (χ1v) is 21.6. The number of nitrogens with zero attached hydrogens (tertiary/aromatic N) is 2. The third kappa shape index (κ3) is 36.7. The lowest BCUT2D eigenvalue weighted by Gasteiger charge is -2.27. The SMILES string of the molecule is CCCCCCCCCCCCCCCCCCN(CCN)CCN(CCN)CCCCCCCCCCCCCCCCCC. The van der Waals surface area contributed by atoms with Gasteiger partial charge in [-0.15, -0.1) is 0 Å². The molecule has 46 heavy (non-hydrogen) atoms. The molecule has 0 aliphatic carbocycles. The molecule has 0 unspecified atom stereocenters. The van der Waals surface area contributed by atoms with Gasteiger partial charge in [0.25, 0.3) is 0 Å². The van der Waals surface area contributed by atoms with E-state index >= 15 is 0 Å². The highest BCUT2D eigenvalue weighted by molar-refractivity contribution is 4.66. The Bertz CT molecular complexity index is 482.